The van der Waals surface area contributed by atoms with Crippen LogP contribution in [0, 0.1) is 46.3 Å². The van der Waals surface area contributed by atoms with E-state index in [4.69, 9.17) is 30.3 Å². The quantitative estimate of drug-likeness (QED) is 0.183. The van der Waals surface area contributed by atoms with Gasteiger partial charge in [0.05, 0.1) is 92.6 Å². The number of carbonyl (C=O) groups is 4. The summed E-state index contributed by atoms with van der Waals surface area (Å²) in [6.45, 7) is 5.44. The van der Waals surface area contributed by atoms with E-state index >= 15 is 0 Å². The highest BCUT2D eigenvalue weighted by Gasteiger charge is 2.78. The third-order valence-electron chi connectivity index (χ3n) is 15.2. The minimum atomic E-state index is -1.24. The normalized spacial score (nSPS) is 32.2. The summed E-state index contributed by atoms with van der Waals surface area (Å²) in [5.74, 6) is -4.27. The maximum Gasteiger partial charge on any atom is 0.262 e. The molecule has 6 aromatic rings. The van der Waals surface area contributed by atoms with Crippen molar-refractivity contribution in [2.75, 3.05) is 16.4 Å². The molecule has 6 saturated heterocycles. The van der Waals surface area contributed by atoms with E-state index in [1.807, 2.05) is 6.92 Å². The molecule has 17 nitrogen and oxygen atoms in total. The number of aromatic nitrogens is 3. The van der Waals surface area contributed by atoms with Gasteiger partial charge in [-0.05, 0) is 92.2 Å². The monoisotopic (exact) mass is 921 g/mol. The molecule has 3 aromatic carbocycles. The molecule has 4 bridgehead atoms. The molecule has 10 atom stereocenters. The summed E-state index contributed by atoms with van der Waals surface area (Å²) >= 11 is 6.11. The molecule has 4 amide bonds. The van der Waals surface area contributed by atoms with Gasteiger partial charge in [0, 0.05) is 47.5 Å². The third-order valence-corrected chi connectivity index (χ3v) is 15.4. The highest BCUT2D eigenvalue weighted by Crippen LogP contribution is 2.64. The molecule has 0 unspecified atom stereocenters. The Bertz CT molecular complexity index is 3240. The highest BCUT2D eigenvalue weighted by atomic mass is 35.5. The van der Waals surface area contributed by atoms with Crippen LogP contribution < -0.4 is 14.5 Å². The van der Waals surface area contributed by atoms with E-state index in [9.17, 15) is 39.9 Å². The Morgan fingerprint density at radius 3 is 1.78 bits per heavy atom. The number of pyridine rings is 2. The predicted molar refractivity (Wildman–Crippen MR) is 237 cm³/mol. The second-order valence-corrected chi connectivity index (χ2v) is 18.9. The maximum atomic E-state index is 14.0. The number of aliphatic hydroxyl groups is 2. The molecule has 18 heteroatoms. The zero-order valence-corrected chi connectivity index (χ0v) is 36.9. The average molecular weight is 922 g/mol. The number of hydrogen-bond acceptors (Lipinski definition) is 15. The van der Waals surface area contributed by atoms with E-state index in [-0.39, 0.29) is 37.1 Å². The number of rotatable bonds is 7. The van der Waals surface area contributed by atoms with Crippen molar-refractivity contribution in [1.82, 2.24) is 15.1 Å². The lowest BCUT2D eigenvalue weighted by Gasteiger charge is -2.33. The molecule has 6 fully saturated rings. The van der Waals surface area contributed by atoms with Crippen LogP contribution >= 0.6 is 11.6 Å². The lowest BCUT2D eigenvalue weighted by atomic mass is 9.66. The van der Waals surface area contributed by atoms with Gasteiger partial charge in [0.15, 0.2) is 5.58 Å². The Labute approximate surface area is 386 Å². The Morgan fingerprint density at radius 2 is 1.24 bits per heavy atom. The summed E-state index contributed by atoms with van der Waals surface area (Å²) in [5, 5.41) is 46.6. The Morgan fingerprint density at radius 1 is 0.731 bits per heavy atom. The number of halogens is 1. The van der Waals surface area contributed by atoms with Crippen molar-refractivity contribution in [3.8, 4) is 18.0 Å². The minimum Gasteiger partial charge on any atom is -0.475 e. The van der Waals surface area contributed by atoms with Gasteiger partial charge in [-0.25, -0.2) is 9.80 Å². The number of benzene rings is 3. The summed E-state index contributed by atoms with van der Waals surface area (Å²) < 4.78 is 23.8. The molecule has 0 aliphatic carbocycles. The van der Waals surface area contributed by atoms with Crippen LogP contribution in [0.15, 0.2) is 83.6 Å². The van der Waals surface area contributed by atoms with Gasteiger partial charge in [-0.1, -0.05) is 18.5 Å². The minimum absolute atomic E-state index is 0.103. The smallest absolute Gasteiger partial charge is 0.262 e. The average Bonchev–Trinajstić information content (AvgIpc) is 4.16. The number of aliphatic hydroxyl groups excluding tert-OH is 2. The van der Waals surface area contributed by atoms with Crippen LogP contribution in [0.5, 0.6) is 5.88 Å². The predicted octanol–water partition coefficient (Wildman–Crippen LogP) is 5.68. The number of fused-ring (bicyclic) bond motifs is 13. The third kappa shape index (κ3) is 5.76. The SMILES string of the molecule is CC[C@]12C[C@H](O)[C@](C)(O1)[C@@H]1C(=O)N(c3ccc(C#N)c4ncccc34)C(=O)[C@@H]12.C[C@]12O[C@](CCOc3noc4ccc(Cl)cc34)(C[C@@H]1O)[C@H]1C(=O)N(c3ccc(C#N)c4ncccc34)C(=O)[C@H]12. The number of imide groups is 2. The van der Waals surface area contributed by atoms with Gasteiger partial charge in [-0.15, -0.1) is 0 Å². The summed E-state index contributed by atoms with van der Waals surface area (Å²) in [5.41, 5.74) is -1.34. The van der Waals surface area contributed by atoms with Gasteiger partial charge < -0.3 is 28.9 Å². The number of ether oxygens (including phenoxy) is 3. The van der Waals surface area contributed by atoms with E-state index in [0.717, 1.165) is 0 Å². The van der Waals surface area contributed by atoms with Crippen LogP contribution in [0.1, 0.15) is 57.6 Å². The summed E-state index contributed by atoms with van der Waals surface area (Å²) in [7, 11) is 0. The van der Waals surface area contributed by atoms with Crippen molar-refractivity contribution in [2.45, 2.75) is 81.1 Å². The zero-order chi connectivity index (χ0) is 46.9. The van der Waals surface area contributed by atoms with Crippen molar-refractivity contribution in [2.24, 2.45) is 23.7 Å². The van der Waals surface area contributed by atoms with Crippen LogP contribution in [0.2, 0.25) is 5.02 Å². The first kappa shape index (κ1) is 42.8. The van der Waals surface area contributed by atoms with Crippen LogP contribution in [0.4, 0.5) is 11.4 Å². The molecule has 2 N–H and O–H groups in total. The van der Waals surface area contributed by atoms with Crippen molar-refractivity contribution in [1.29, 1.82) is 10.5 Å². The number of amides is 4. The van der Waals surface area contributed by atoms with Gasteiger partial charge in [0.1, 0.15) is 23.3 Å². The summed E-state index contributed by atoms with van der Waals surface area (Å²) in [4.78, 5) is 65.7. The van der Waals surface area contributed by atoms with E-state index in [2.05, 4.69) is 27.3 Å². The first-order valence-corrected chi connectivity index (χ1v) is 22.3. The van der Waals surface area contributed by atoms with Crippen molar-refractivity contribution in [3.05, 3.63) is 95.3 Å². The molecule has 0 radical (unpaired) electrons. The molecule has 6 aliphatic rings. The molecule has 67 heavy (non-hydrogen) atoms. The number of anilines is 2. The molecule has 338 valence electrons. The van der Waals surface area contributed by atoms with Crippen LogP contribution in [0.25, 0.3) is 32.8 Å². The lowest BCUT2D eigenvalue weighted by molar-refractivity contribution is -0.135. The van der Waals surface area contributed by atoms with Gasteiger partial charge in [-0.3, -0.25) is 29.1 Å². The van der Waals surface area contributed by atoms with Crippen LogP contribution in [-0.2, 0) is 28.7 Å². The molecule has 3 aromatic heterocycles. The number of hydrogen-bond donors (Lipinski definition) is 2. The second kappa shape index (κ2) is 14.8. The van der Waals surface area contributed by atoms with Crippen molar-refractivity contribution < 1.29 is 48.1 Å². The number of nitrogens with zero attached hydrogens (tertiary/aromatic N) is 7. The summed E-state index contributed by atoms with van der Waals surface area (Å²) in [6, 6.07) is 22.5. The molecule has 6 aliphatic heterocycles. The molecular weight excluding hydrogens is 882 g/mol. The Balaban J connectivity index is 0.000000156. The molecule has 12 rings (SSSR count). The van der Waals surface area contributed by atoms with Gasteiger partial charge in [0.2, 0.25) is 23.6 Å². The van der Waals surface area contributed by atoms with Gasteiger partial charge in [0.25, 0.3) is 5.88 Å². The van der Waals surface area contributed by atoms with Crippen molar-refractivity contribution >= 4 is 79.4 Å². The topological polar surface area (TPSA) is 242 Å². The van der Waals surface area contributed by atoms with Gasteiger partial charge in [-0.2, -0.15) is 10.5 Å². The van der Waals surface area contributed by atoms with Crippen molar-refractivity contribution in [3.63, 3.8) is 0 Å². The molecule has 0 saturated carbocycles. The van der Waals surface area contributed by atoms with Crippen LogP contribution in [0.3, 0.4) is 0 Å². The zero-order valence-electron chi connectivity index (χ0n) is 36.2. The van der Waals surface area contributed by atoms with Crippen LogP contribution in [-0.4, -0.2) is 90.2 Å². The molecule has 0 spiro atoms. The molecule has 9 heterocycles. The highest BCUT2D eigenvalue weighted by molar-refractivity contribution is 6.31. The fourth-order valence-corrected chi connectivity index (χ4v) is 12.2. The van der Waals surface area contributed by atoms with E-state index in [0.29, 0.717) is 73.1 Å². The number of nitriles is 2. The standard InChI is InChI=1S/C28H21ClN4O6.C21H19N3O4/c1-27-20(34)12-28(39-27,8-10-37-24-17-11-15(29)5-7-19(17)38-32-24)22-21(27)25(35)33(26(22)36)18-6-4-14(13-30)23-16(18)3-2-9-31-23;1-3-21-9-14(25)20(2,28-21)15-16(21)19(27)24(18(15)26)13-7-6-11(10-22)17-12(13)5-4-8-23-17/h2-7,9,11,20-22,34H,8,10,12H2,1H3;4-8,14-16,25H,3,9H2,1-2H3/t20-,21-,22+,27-,28+;14-,15-,16+,20-,21+/m00/s1. The van der Waals surface area contributed by atoms with E-state index in [1.54, 1.807) is 93.0 Å². The Kier molecular flexibility index (Phi) is 9.46. The largest absolute Gasteiger partial charge is 0.475 e. The van der Waals surface area contributed by atoms with E-state index in [1.165, 1.54) is 9.80 Å². The molecular formula is C49H40ClN7O10. The first-order chi connectivity index (χ1) is 32.1. The summed E-state index contributed by atoms with van der Waals surface area (Å²) in [6.07, 6.45) is 2.72. The fourth-order valence-electron chi connectivity index (χ4n) is 12.1. The Hall–Kier alpha value is -6.86. The lowest BCUT2D eigenvalue weighted by Crippen LogP contribution is -2.49. The van der Waals surface area contributed by atoms with Gasteiger partial charge >= 0.3 is 0 Å². The van der Waals surface area contributed by atoms with E-state index < -0.39 is 70.1 Å². The first-order valence-electron chi connectivity index (χ1n) is 21.9. The maximum absolute atomic E-state index is 14.0. The second-order valence-electron chi connectivity index (χ2n) is 18.4. The fraction of sp³-hybridized carbons (Fsp3) is 0.367. The number of carbonyl (C=O) groups excluding carboxylic acids is 4.